The second-order valence-corrected chi connectivity index (χ2v) is 6.25. The fourth-order valence-corrected chi connectivity index (χ4v) is 2.65. The number of hydrogen-bond donors (Lipinski definition) is 2. The van der Waals surface area contributed by atoms with E-state index < -0.39 is 6.04 Å². The van der Waals surface area contributed by atoms with E-state index in [2.05, 4.69) is 51.9 Å². The number of nitrogens with one attached hydrogen (secondary N) is 2. The lowest BCUT2D eigenvalue weighted by atomic mass is 10.0. The largest absolute Gasteiger partial charge is 0.342 e. The molecule has 128 valence electrons. The van der Waals surface area contributed by atoms with Gasteiger partial charge in [0.1, 0.15) is 6.04 Å². The number of H-pyrrole nitrogens is 1. The Hall–Kier alpha value is -3.02. The SMILES string of the molecule is CC(C)c1ccc(CC(=O)NC(c2ccccc2)c2nn[nH]n2)cc1. The van der Waals surface area contributed by atoms with Gasteiger partial charge in [-0.2, -0.15) is 5.21 Å². The minimum Gasteiger partial charge on any atom is -0.342 e. The highest BCUT2D eigenvalue weighted by molar-refractivity contribution is 5.79. The van der Waals surface area contributed by atoms with Gasteiger partial charge in [-0.15, -0.1) is 10.2 Å². The van der Waals surface area contributed by atoms with Crippen molar-refractivity contribution in [3.8, 4) is 0 Å². The molecule has 1 unspecified atom stereocenters. The summed E-state index contributed by atoms with van der Waals surface area (Å²) >= 11 is 0. The van der Waals surface area contributed by atoms with Gasteiger partial charge in [0.2, 0.25) is 11.7 Å². The molecular formula is C19H21N5O. The van der Waals surface area contributed by atoms with Gasteiger partial charge in [0.25, 0.3) is 0 Å². The van der Waals surface area contributed by atoms with Crippen molar-refractivity contribution in [2.75, 3.05) is 0 Å². The number of carbonyl (C=O) groups excluding carboxylic acids is 1. The standard InChI is InChI=1S/C19H21N5O/c1-13(2)15-10-8-14(9-11-15)12-17(25)20-18(19-21-23-24-22-19)16-6-4-3-5-7-16/h3-11,13,18H,12H2,1-2H3,(H,20,25)(H,21,22,23,24). The third-order valence-corrected chi connectivity index (χ3v) is 4.07. The van der Waals surface area contributed by atoms with Gasteiger partial charge in [-0.05, 0) is 22.6 Å². The molecule has 0 radical (unpaired) electrons. The Kier molecular flexibility index (Phi) is 5.18. The summed E-state index contributed by atoms with van der Waals surface area (Å²) in [5.41, 5.74) is 3.15. The molecule has 0 aliphatic rings. The van der Waals surface area contributed by atoms with Crippen molar-refractivity contribution in [1.82, 2.24) is 25.9 Å². The lowest BCUT2D eigenvalue weighted by molar-refractivity contribution is -0.121. The summed E-state index contributed by atoms with van der Waals surface area (Å²) in [6, 6.07) is 17.3. The summed E-state index contributed by atoms with van der Waals surface area (Å²) in [6.45, 7) is 4.30. The first-order chi connectivity index (χ1) is 12.1. The van der Waals surface area contributed by atoms with Gasteiger partial charge >= 0.3 is 0 Å². The summed E-state index contributed by atoms with van der Waals surface area (Å²) in [4.78, 5) is 12.5. The number of aromatic amines is 1. The number of benzene rings is 2. The zero-order valence-corrected chi connectivity index (χ0v) is 14.3. The number of tetrazole rings is 1. The number of nitrogens with zero attached hydrogens (tertiary/aromatic N) is 3. The molecule has 1 aromatic heterocycles. The van der Waals surface area contributed by atoms with Gasteiger partial charge in [0.05, 0.1) is 6.42 Å². The minimum absolute atomic E-state index is 0.0871. The van der Waals surface area contributed by atoms with Crippen molar-refractivity contribution in [3.63, 3.8) is 0 Å². The van der Waals surface area contributed by atoms with E-state index in [0.29, 0.717) is 18.2 Å². The molecule has 6 nitrogen and oxygen atoms in total. The van der Waals surface area contributed by atoms with Crippen LogP contribution in [0, 0.1) is 0 Å². The maximum Gasteiger partial charge on any atom is 0.225 e. The molecule has 1 atom stereocenters. The molecule has 3 rings (SSSR count). The Morgan fingerprint density at radius 3 is 2.36 bits per heavy atom. The quantitative estimate of drug-likeness (QED) is 0.725. The third-order valence-electron chi connectivity index (χ3n) is 4.07. The molecule has 0 fully saturated rings. The molecule has 6 heteroatoms. The van der Waals surface area contributed by atoms with Crippen LogP contribution >= 0.6 is 0 Å². The van der Waals surface area contributed by atoms with Crippen LogP contribution in [0.1, 0.15) is 48.3 Å². The van der Waals surface area contributed by atoms with E-state index in [4.69, 9.17) is 0 Å². The fourth-order valence-electron chi connectivity index (χ4n) is 2.65. The maximum atomic E-state index is 12.5. The zero-order chi connectivity index (χ0) is 17.6. The zero-order valence-electron chi connectivity index (χ0n) is 14.3. The van der Waals surface area contributed by atoms with E-state index in [9.17, 15) is 4.79 Å². The van der Waals surface area contributed by atoms with Crippen LogP contribution in [-0.4, -0.2) is 26.5 Å². The van der Waals surface area contributed by atoms with E-state index in [1.54, 1.807) is 0 Å². The first-order valence-electron chi connectivity index (χ1n) is 8.30. The molecule has 1 heterocycles. The highest BCUT2D eigenvalue weighted by Gasteiger charge is 2.20. The van der Waals surface area contributed by atoms with E-state index in [1.165, 1.54) is 5.56 Å². The first kappa shape index (κ1) is 16.8. The molecule has 0 aliphatic carbocycles. The summed E-state index contributed by atoms with van der Waals surface area (Å²) in [7, 11) is 0. The van der Waals surface area contributed by atoms with Crippen LogP contribution in [0.25, 0.3) is 0 Å². The number of rotatable bonds is 6. The maximum absolute atomic E-state index is 12.5. The Balaban J connectivity index is 1.72. The van der Waals surface area contributed by atoms with Crippen LogP contribution in [0.15, 0.2) is 54.6 Å². The lowest BCUT2D eigenvalue weighted by Crippen LogP contribution is -2.31. The lowest BCUT2D eigenvalue weighted by Gasteiger charge is -2.16. The molecule has 0 saturated heterocycles. The van der Waals surface area contributed by atoms with Gasteiger partial charge < -0.3 is 5.32 Å². The molecule has 2 aromatic carbocycles. The van der Waals surface area contributed by atoms with Crippen LogP contribution in [0.2, 0.25) is 0 Å². The molecule has 25 heavy (non-hydrogen) atoms. The van der Waals surface area contributed by atoms with Crippen molar-refractivity contribution in [2.45, 2.75) is 32.2 Å². The number of hydrogen-bond acceptors (Lipinski definition) is 4. The topological polar surface area (TPSA) is 83.6 Å². The van der Waals surface area contributed by atoms with Gasteiger partial charge in [-0.3, -0.25) is 4.79 Å². The normalized spacial score (nSPS) is 12.1. The van der Waals surface area contributed by atoms with Crippen molar-refractivity contribution in [1.29, 1.82) is 0 Å². The first-order valence-corrected chi connectivity index (χ1v) is 8.30. The van der Waals surface area contributed by atoms with Gasteiger partial charge in [-0.1, -0.05) is 73.7 Å². The van der Waals surface area contributed by atoms with E-state index in [0.717, 1.165) is 11.1 Å². The van der Waals surface area contributed by atoms with Crippen molar-refractivity contribution in [3.05, 3.63) is 77.1 Å². The van der Waals surface area contributed by atoms with Gasteiger partial charge in [-0.25, -0.2) is 0 Å². The fraction of sp³-hybridized carbons (Fsp3) is 0.263. The number of aromatic nitrogens is 4. The van der Waals surface area contributed by atoms with Crippen LogP contribution in [0.3, 0.4) is 0 Å². The summed E-state index contributed by atoms with van der Waals surface area (Å²) in [5.74, 6) is 0.828. The monoisotopic (exact) mass is 335 g/mol. The Labute approximate surface area is 146 Å². The molecule has 2 N–H and O–H groups in total. The minimum atomic E-state index is -0.428. The smallest absolute Gasteiger partial charge is 0.225 e. The molecule has 0 bridgehead atoms. The molecule has 3 aromatic rings. The van der Waals surface area contributed by atoms with E-state index >= 15 is 0 Å². The molecule has 1 amide bonds. The highest BCUT2D eigenvalue weighted by atomic mass is 16.1. The summed E-state index contributed by atoms with van der Waals surface area (Å²) in [5, 5.41) is 17.1. The summed E-state index contributed by atoms with van der Waals surface area (Å²) < 4.78 is 0. The van der Waals surface area contributed by atoms with Crippen LogP contribution in [0.5, 0.6) is 0 Å². The Bertz CT molecular complexity index is 798. The van der Waals surface area contributed by atoms with Crippen LogP contribution < -0.4 is 5.32 Å². The molecule has 0 saturated carbocycles. The predicted molar refractivity (Wildman–Crippen MR) is 94.8 cm³/mol. The number of carbonyl (C=O) groups is 1. The average molecular weight is 335 g/mol. The third kappa shape index (κ3) is 4.29. The van der Waals surface area contributed by atoms with Crippen LogP contribution in [0.4, 0.5) is 0 Å². The second-order valence-electron chi connectivity index (χ2n) is 6.25. The van der Waals surface area contributed by atoms with Crippen molar-refractivity contribution in [2.24, 2.45) is 0 Å². The van der Waals surface area contributed by atoms with Crippen LogP contribution in [-0.2, 0) is 11.2 Å². The van der Waals surface area contributed by atoms with Crippen molar-refractivity contribution < 1.29 is 4.79 Å². The Morgan fingerprint density at radius 1 is 1.04 bits per heavy atom. The predicted octanol–water partition coefficient (Wildman–Crippen LogP) is 2.77. The molecule has 0 spiro atoms. The number of amides is 1. The average Bonchev–Trinajstić information content (AvgIpc) is 3.15. The van der Waals surface area contributed by atoms with Crippen molar-refractivity contribution >= 4 is 5.91 Å². The van der Waals surface area contributed by atoms with Gasteiger partial charge in [0, 0.05) is 0 Å². The highest BCUT2D eigenvalue weighted by Crippen LogP contribution is 2.19. The van der Waals surface area contributed by atoms with E-state index in [-0.39, 0.29) is 5.91 Å². The molecular weight excluding hydrogens is 314 g/mol. The molecule has 0 aliphatic heterocycles. The second kappa shape index (κ2) is 7.70. The van der Waals surface area contributed by atoms with Gasteiger partial charge in [0.15, 0.2) is 0 Å². The summed E-state index contributed by atoms with van der Waals surface area (Å²) in [6.07, 6.45) is 0.305. The van der Waals surface area contributed by atoms with E-state index in [1.807, 2.05) is 42.5 Å². The Morgan fingerprint density at radius 2 is 1.76 bits per heavy atom.